The smallest absolute Gasteiger partial charge is 0.318 e. The van der Waals surface area contributed by atoms with Crippen LogP contribution in [-0.2, 0) is 6.54 Å². The number of nitrogens with zero attached hydrogens (tertiary/aromatic N) is 1. The molecule has 0 aliphatic carbocycles. The fraction of sp³-hybridized carbons (Fsp3) is 0.500. The summed E-state index contributed by atoms with van der Waals surface area (Å²) in [5.41, 5.74) is 7.36. The Morgan fingerprint density at radius 1 is 1.33 bits per heavy atom. The van der Waals surface area contributed by atoms with Gasteiger partial charge in [-0.15, -0.1) is 0 Å². The lowest BCUT2D eigenvalue weighted by atomic mass is 10.1. The van der Waals surface area contributed by atoms with Gasteiger partial charge in [-0.3, -0.25) is 0 Å². The Kier molecular flexibility index (Phi) is 4.59. The standard InChI is InChI=1S/C14H23N3O/c1-5-17(13(18)16-14(2,3)4)10-11-8-6-7-9-12(11)15/h6-9H,5,10,15H2,1-4H3,(H,16,18). The number of carbonyl (C=O) groups is 1. The minimum atomic E-state index is -0.229. The first-order valence-electron chi connectivity index (χ1n) is 6.24. The Morgan fingerprint density at radius 3 is 2.44 bits per heavy atom. The van der Waals surface area contributed by atoms with E-state index in [4.69, 9.17) is 5.73 Å². The summed E-state index contributed by atoms with van der Waals surface area (Å²) in [7, 11) is 0. The number of rotatable bonds is 3. The van der Waals surface area contributed by atoms with E-state index in [1.165, 1.54) is 0 Å². The molecule has 0 atom stereocenters. The molecule has 0 bridgehead atoms. The second kappa shape index (κ2) is 5.76. The van der Waals surface area contributed by atoms with Crippen LogP contribution in [0.3, 0.4) is 0 Å². The Labute approximate surface area is 109 Å². The Hall–Kier alpha value is -1.71. The van der Waals surface area contributed by atoms with E-state index in [0.717, 1.165) is 11.3 Å². The maximum Gasteiger partial charge on any atom is 0.318 e. The summed E-state index contributed by atoms with van der Waals surface area (Å²) in [5.74, 6) is 0. The van der Waals surface area contributed by atoms with Crippen molar-refractivity contribution in [2.45, 2.75) is 39.8 Å². The molecule has 1 aromatic carbocycles. The molecule has 100 valence electrons. The maximum atomic E-state index is 12.1. The highest BCUT2D eigenvalue weighted by molar-refractivity contribution is 5.75. The first kappa shape index (κ1) is 14.4. The normalized spacial score (nSPS) is 11.1. The third kappa shape index (κ3) is 4.28. The third-order valence-corrected chi connectivity index (χ3v) is 2.57. The second-order valence-electron chi connectivity index (χ2n) is 5.39. The molecule has 0 radical (unpaired) electrons. The molecule has 0 spiro atoms. The molecule has 0 saturated heterocycles. The molecule has 0 aliphatic rings. The van der Waals surface area contributed by atoms with Crippen LogP contribution in [0.1, 0.15) is 33.3 Å². The van der Waals surface area contributed by atoms with E-state index >= 15 is 0 Å². The zero-order valence-corrected chi connectivity index (χ0v) is 11.7. The van der Waals surface area contributed by atoms with Crippen LogP contribution in [0.5, 0.6) is 0 Å². The lowest BCUT2D eigenvalue weighted by Crippen LogP contribution is -2.48. The van der Waals surface area contributed by atoms with Gasteiger partial charge in [0, 0.05) is 24.3 Å². The zero-order valence-electron chi connectivity index (χ0n) is 11.7. The van der Waals surface area contributed by atoms with E-state index in [0.29, 0.717) is 13.1 Å². The number of urea groups is 1. The molecule has 0 aliphatic heterocycles. The van der Waals surface area contributed by atoms with Crippen molar-refractivity contribution in [2.75, 3.05) is 12.3 Å². The third-order valence-electron chi connectivity index (χ3n) is 2.57. The van der Waals surface area contributed by atoms with Gasteiger partial charge in [0.25, 0.3) is 0 Å². The number of benzene rings is 1. The molecular weight excluding hydrogens is 226 g/mol. The molecule has 3 N–H and O–H groups in total. The van der Waals surface area contributed by atoms with Crippen molar-refractivity contribution < 1.29 is 4.79 Å². The van der Waals surface area contributed by atoms with Gasteiger partial charge in [-0.25, -0.2) is 4.79 Å². The van der Waals surface area contributed by atoms with Crippen LogP contribution in [-0.4, -0.2) is 23.0 Å². The highest BCUT2D eigenvalue weighted by atomic mass is 16.2. The van der Waals surface area contributed by atoms with Crippen LogP contribution in [0.4, 0.5) is 10.5 Å². The summed E-state index contributed by atoms with van der Waals surface area (Å²) in [4.78, 5) is 13.8. The molecule has 18 heavy (non-hydrogen) atoms. The van der Waals surface area contributed by atoms with E-state index in [2.05, 4.69) is 5.32 Å². The second-order valence-corrected chi connectivity index (χ2v) is 5.39. The number of carbonyl (C=O) groups excluding carboxylic acids is 1. The van der Waals surface area contributed by atoms with Gasteiger partial charge in [-0.1, -0.05) is 18.2 Å². The number of nitrogens with one attached hydrogen (secondary N) is 1. The van der Waals surface area contributed by atoms with Crippen LogP contribution < -0.4 is 11.1 Å². The van der Waals surface area contributed by atoms with E-state index in [1.54, 1.807) is 4.90 Å². The number of hydrogen-bond acceptors (Lipinski definition) is 2. The van der Waals surface area contributed by atoms with Crippen LogP contribution in [0.2, 0.25) is 0 Å². The van der Waals surface area contributed by atoms with Crippen molar-refractivity contribution >= 4 is 11.7 Å². The quantitative estimate of drug-likeness (QED) is 0.809. The van der Waals surface area contributed by atoms with Gasteiger partial charge < -0.3 is 16.0 Å². The fourth-order valence-electron chi connectivity index (χ4n) is 1.61. The molecule has 0 unspecified atom stereocenters. The predicted molar refractivity (Wildman–Crippen MR) is 75.2 cm³/mol. The van der Waals surface area contributed by atoms with Crippen LogP contribution in [0.25, 0.3) is 0 Å². The molecule has 2 amide bonds. The van der Waals surface area contributed by atoms with E-state index in [9.17, 15) is 4.79 Å². The van der Waals surface area contributed by atoms with Gasteiger partial charge >= 0.3 is 6.03 Å². The topological polar surface area (TPSA) is 58.4 Å². The number of amides is 2. The number of nitrogen functional groups attached to an aromatic ring is 1. The molecule has 0 aromatic heterocycles. The lowest BCUT2D eigenvalue weighted by molar-refractivity contribution is 0.189. The molecule has 4 nitrogen and oxygen atoms in total. The predicted octanol–water partition coefficient (Wildman–Crippen LogP) is 2.60. The first-order valence-corrected chi connectivity index (χ1v) is 6.24. The van der Waals surface area contributed by atoms with Crippen molar-refractivity contribution in [1.29, 1.82) is 0 Å². The minimum Gasteiger partial charge on any atom is -0.398 e. The Morgan fingerprint density at radius 2 is 1.94 bits per heavy atom. The van der Waals surface area contributed by atoms with E-state index < -0.39 is 0 Å². The van der Waals surface area contributed by atoms with E-state index in [1.807, 2.05) is 52.0 Å². The Balaban J connectivity index is 2.74. The summed E-state index contributed by atoms with van der Waals surface area (Å²) in [6.45, 7) is 9.05. The minimum absolute atomic E-state index is 0.0618. The highest BCUT2D eigenvalue weighted by Crippen LogP contribution is 2.13. The summed E-state index contributed by atoms with van der Waals surface area (Å²) >= 11 is 0. The molecule has 0 heterocycles. The van der Waals surface area contributed by atoms with Crippen LogP contribution in [0, 0.1) is 0 Å². The maximum absolute atomic E-state index is 12.1. The number of hydrogen-bond donors (Lipinski definition) is 2. The number of nitrogens with two attached hydrogens (primary N) is 1. The summed E-state index contributed by atoms with van der Waals surface area (Å²) in [6, 6.07) is 7.56. The Bertz CT molecular complexity index is 410. The monoisotopic (exact) mass is 249 g/mol. The molecule has 1 aromatic rings. The van der Waals surface area contributed by atoms with Crippen molar-refractivity contribution in [3.8, 4) is 0 Å². The first-order chi connectivity index (χ1) is 8.33. The number of para-hydroxylation sites is 1. The highest BCUT2D eigenvalue weighted by Gasteiger charge is 2.19. The summed E-state index contributed by atoms with van der Waals surface area (Å²) in [5, 5.41) is 2.96. The molecule has 0 saturated carbocycles. The van der Waals surface area contributed by atoms with Gasteiger partial charge in [-0.2, -0.15) is 0 Å². The van der Waals surface area contributed by atoms with Crippen molar-refractivity contribution in [3.63, 3.8) is 0 Å². The molecule has 4 heteroatoms. The molecule has 1 rings (SSSR count). The van der Waals surface area contributed by atoms with Gasteiger partial charge in [0.1, 0.15) is 0 Å². The van der Waals surface area contributed by atoms with Gasteiger partial charge in [0.05, 0.1) is 0 Å². The largest absolute Gasteiger partial charge is 0.398 e. The fourth-order valence-corrected chi connectivity index (χ4v) is 1.61. The zero-order chi connectivity index (χ0) is 13.8. The summed E-state index contributed by atoms with van der Waals surface area (Å²) < 4.78 is 0. The van der Waals surface area contributed by atoms with Crippen molar-refractivity contribution in [3.05, 3.63) is 29.8 Å². The molecule has 0 fully saturated rings. The van der Waals surface area contributed by atoms with Crippen molar-refractivity contribution in [2.24, 2.45) is 0 Å². The van der Waals surface area contributed by atoms with E-state index in [-0.39, 0.29) is 11.6 Å². The summed E-state index contributed by atoms with van der Waals surface area (Å²) in [6.07, 6.45) is 0. The van der Waals surface area contributed by atoms with Gasteiger partial charge in [0.15, 0.2) is 0 Å². The number of anilines is 1. The van der Waals surface area contributed by atoms with Crippen molar-refractivity contribution in [1.82, 2.24) is 10.2 Å². The van der Waals surface area contributed by atoms with Gasteiger partial charge in [-0.05, 0) is 39.3 Å². The average Bonchev–Trinajstić information content (AvgIpc) is 2.25. The van der Waals surface area contributed by atoms with Crippen LogP contribution in [0.15, 0.2) is 24.3 Å². The van der Waals surface area contributed by atoms with Gasteiger partial charge in [0.2, 0.25) is 0 Å². The average molecular weight is 249 g/mol. The van der Waals surface area contributed by atoms with Crippen LogP contribution >= 0.6 is 0 Å². The molecular formula is C14H23N3O. The SMILES string of the molecule is CCN(Cc1ccccc1N)C(=O)NC(C)(C)C. The lowest BCUT2D eigenvalue weighted by Gasteiger charge is -2.28.